The zero-order valence-corrected chi connectivity index (χ0v) is 17.2. The zero-order valence-electron chi connectivity index (χ0n) is 16.4. The maximum absolute atomic E-state index is 12.5. The number of carboxylic acids is 1. The lowest BCUT2D eigenvalue weighted by atomic mass is 10.1. The van der Waals surface area contributed by atoms with Crippen LogP contribution >= 0.6 is 11.3 Å². The van der Waals surface area contributed by atoms with Gasteiger partial charge >= 0.3 is 5.97 Å². The molecule has 3 N–H and O–H groups in total. The minimum Gasteiger partial charge on any atom is -0.477 e. The molecule has 0 aliphatic heterocycles. The number of rotatable bonds is 7. The number of hydrogen-bond acceptors (Lipinski definition) is 8. The van der Waals surface area contributed by atoms with E-state index in [4.69, 9.17) is 9.63 Å². The van der Waals surface area contributed by atoms with E-state index in [9.17, 15) is 14.4 Å². The van der Waals surface area contributed by atoms with Gasteiger partial charge in [0.25, 0.3) is 5.91 Å². The quantitative estimate of drug-likeness (QED) is 0.519. The monoisotopic (exact) mass is 429 g/mol. The molecule has 1 atom stereocenters. The summed E-state index contributed by atoms with van der Waals surface area (Å²) in [4.78, 5) is 44.0. The fraction of sp³-hybridized carbons (Fsp3) is 0.263. The Bertz CT molecular complexity index is 1110. The van der Waals surface area contributed by atoms with Crippen molar-refractivity contribution in [2.75, 3.05) is 5.32 Å². The molecule has 10 nitrogen and oxygen atoms in total. The highest BCUT2D eigenvalue weighted by atomic mass is 32.1. The van der Waals surface area contributed by atoms with E-state index in [1.54, 1.807) is 45.0 Å². The number of nitrogens with one attached hydrogen (secondary N) is 2. The second kappa shape index (κ2) is 8.82. The number of carbonyl (C=O) groups is 3. The summed E-state index contributed by atoms with van der Waals surface area (Å²) in [5, 5.41) is 18.4. The van der Waals surface area contributed by atoms with Gasteiger partial charge in [0.05, 0.1) is 5.69 Å². The molecule has 0 saturated carbocycles. The van der Waals surface area contributed by atoms with E-state index < -0.39 is 12.0 Å². The van der Waals surface area contributed by atoms with Crippen molar-refractivity contribution in [3.05, 3.63) is 46.3 Å². The van der Waals surface area contributed by atoms with Crippen molar-refractivity contribution in [1.29, 1.82) is 0 Å². The number of anilines is 1. The average molecular weight is 429 g/mol. The van der Waals surface area contributed by atoms with Gasteiger partial charge in [0.2, 0.25) is 17.6 Å². The van der Waals surface area contributed by atoms with Gasteiger partial charge in [-0.25, -0.2) is 9.78 Å². The van der Waals surface area contributed by atoms with E-state index in [0.717, 1.165) is 11.3 Å². The van der Waals surface area contributed by atoms with Crippen LogP contribution in [-0.4, -0.2) is 44.1 Å². The molecule has 0 aliphatic carbocycles. The molecular formula is C19H19N5O5S. The van der Waals surface area contributed by atoms with Gasteiger partial charge in [0.15, 0.2) is 5.13 Å². The average Bonchev–Trinajstić information content (AvgIpc) is 3.27. The maximum Gasteiger partial charge on any atom is 0.347 e. The van der Waals surface area contributed by atoms with Gasteiger partial charge in [0.1, 0.15) is 4.88 Å². The predicted octanol–water partition coefficient (Wildman–Crippen LogP) is 2.66. The molecule has 2 aromatic heterocycles. The van der Waals surface area contributed by atoms with Crippen LogP contribution in [-0.2, 0) is 4.79 Å². The smallest absolute Gasteiger partial charge is 0.347 e. The summed E-state index contributed by atoms with van der Waals surface area (Å²) >= 11 is 0.886. The Kier molecular flexibility index (Phi) is 6.21. The fourth-order valence-electron chi connectivity index (χ4n) is 2.67. The van der Waals surface area contributed by atoms with Crippen LogP contribution in [0.1, 0.15) is 45.0 Å². The van der Waals surface area contributed by atoms with Crippen LogP contribution in [0.2, 0.25) is 0 Å². The van der Waals surface area contributed by atoms with Crippen LogP contribution in [0.15, 0.2) is 28.8 Å². The number of carbonyl (C=O) groups excluding carboxylic acids is 2. The minimum absolute atomic E-state index is 0.00347. The number of aryl methyl sites for hydroxylation is 2. The predicted molar refractivity (Wildman–Crippen MR) is 108 cm³/mol. The van der Waals surface area contributed by atoms with Crippen LogP contribution in [0.3, 0.4) is 0 Å². The van der Waals surface area contributed by atoms with Crippen molar-refractivity contribution in [3.63, 3.8) is 0 Å². The van der Waals surface area contributed by atoms with Crippen LogP contribution in [0.5, 0.6) is 0 Å². The van der Waals surface area contributed by atoms with Crippen molar-refractivity contribution in [3.8, 4) is 11.4 Å². The van der Waals surface area contributed by atoms with E-state index >= 15 is 0 Å². The first kappa shape index (κ1) is 21.1. The lowest BCUT2D eigenvalue weighted by Crippen LogP contribution is -2.35. The second-order valence-electron chi connectivity index (χ2n) is 6.58. The van der Waals surface area contributed by atoms with Gasteiger partial charge < -0.3 is 20.3 Å². The Labute approximate surface area is 175 Å². The molecule has 30 heavy (non-hydrogen) atoms. The number of thiazole rings is 1. The number of aromatic nitrogens is 3. The Balaban J connectivity index is 1.58. The highest BCUT2D eigenvalue weighted by Gasteiger charge is 2.18. The third-order valence-electron chi connectivity index (χ3n) is 4.02. The number of hydrogen-bond donors (Lipinski definition) is 3. The third kappa shape index (κ3) is 5.06. The molecule has 2 heterocycles. The van der Waals surface area contributed by atoms with Crippen LogP contribution in [0.4, 0.5) is 5.13 Å². The Morgan fingerprint density at radius 3 is 2.63 bits per heavy atom. The summed E-state index contributed by atoms with van der Waals surface area (Å²) in [5.41, 5.74) is 1.36. The van der Waals surface area contributed by atoms with Crippen LogP contribution < -0.4 is 10.6 Å². The molecular weight excluding hydrogens is 410 g/mol. The van der Waals surface area contributed by atoms with Crippen molar-refractivity contribution >= 4 is 34.3 Å². The second-order valence-corrected chi connectivity index (χ2v) is 7.58. The standard InChI is InChI=1S/C19H19N5O5S/c1-9(7-14(25)23-19-21-10(2)15(30-19)18(27)28)20-17(26)13-6-4-5-12(8-13)16-22-11(3)29-24-16/h4-6,8-9H,7H2,1-3H3,(H,20,26)(H,27,28)(H,21,23,25)/t9-/m1/s1. The largest absolute Gasteiger partial charge is 0.477 e. The van der Waals surface area contributed by atoms with Gasteiger partial charge in [-0.05, 0) is 26.0 Å². The molecule has 3 aromatic rings. The minimum atomic E-state index is -1.09. The van der Waals surface area contributed by atoms with E-state index in [1.807, 2.05) is 0 Å². The number of benzene rings is 1. The zero-order chi connectivity index (χ0) is 21.8. The number of carboxylic acid groups (broad SMARTS) is 1. The molecule has 11 heteroatoms. The van der Waals surface area contributed by atoms with Crippen molar-refractivity contribution in [1.82, 2.24) is 20.4 Å². The van der Waals surface area contributed by atoms with Gasteiger partial charge in [-0.1, -0.05) is 28.6 Å². The first-order chi connectivity index (χ1) is 14.2. The molecule has 0 unspecified atom stereocenters. The van der Waals surface area contributed by atoms with E-state index in [2.05, 4.69) is 25.8 Å². The van der Waals surface area contributed by atoms with Gasteiger partial charge in [0, 0.05) is 30.5 Å². The molecule has 1 aromatic carbocycles. The topological polar surface area (TPSA) is 147 Å². The molecule has 0 fully saturated rings. The number of nitrogens with zero attached hydrogens (tertiary/aromatic N) is 3. The Morgan fingerprint density at radius 2 is 2.00 bits per heavy atom. The summed E-state index contributed by atoms with van der Waals surface area (Å²) in [5.74, 6) is -1.02. The molecule has 3 rings (SSSR count). The third-order valence-corrected chi connectivity index (χ3v) is 5.08. The molecule has 0 bridgehead atoms. The van der Waals surface area contributed by atoms with Crippen LogP contribution in [0, 0.1) is 13.8 Å². The van der Waals surface area contributed by atoms with Gasteiger partial charge in [-0.15, -0.1) is 0 Å². The first-order valence-corrected chi connectivity index (χ1v) is 9.76. The summed E-state index contributed by atoms with van der Waals surface area (Å²) < 4.78 is 4.96. The first-order valence-electron chi connectivity index (χ1n) is 8.95. The lowest BCUT2D eigenvalue weighted by Gasteiger charge is -2.13. The Hall–Kier alpha value is -3.60. The lowest BCUT2D eigenvalue weighted by molar-refractivity contribution is -0.116. The normalized spacial score (nSPS) is 11.7. The van der Waals surface area contributed by atoms with Crippen molar-refractivity contribution in [2.45, 2.75) is 33.2 Å². The molecule has 2 amide bonds. The summed E-state index contributed by atoms with van der Waals surface area (Å²) in [7, 11) is 0. The summed E-state index contributed by atoms with van der Waals surface area (Å²) in [6, 6.07) is 6.29. The number of aromatic carboxylic acids is 1. The summed E-state index contributed by atoms with van der Waals surface area (Å²) in [6.45, 7) is 4.93. The van der Waals surface area contributed by atoms with Crippen molar-refractivity contribution in [2.24, 2.45) is 0 Å². The van der Waals surface area contributed by atoms with E-state index in [1.165, 1.54) is 0 Å². The fourth-order valence-corrected chi connectivity index (χ4v) is 3.49. The van der Waals surface area contributed by atoms with Crippen LogP contribution in [0.25, 0.3) is 11.4 Å². The maximum atomic E-state index is 12.5. The molecule has 0 saturated heterocycles. The van der Waals surface area contributed by atoms with E-state index in [-0.39, 0.29) is 28.2 Å². The van der Waals surface area contributed by atoms with E-state index in [0.29, 0.717) is 28.5 Å². The number of amides is 2. The SMILES string of the molecule is Cc1nc(-c2cccc(C(=O)N[C@H](C)CC(=O)Nc3nc(C)c(C(=O)O)s3)c2)no1. The molecule has 0 radical (unpaired) electrons. The van der Waals surface area contributed by atoms with Gasteiger partial charge in [-0.2, -0.15) is 4.98 Å². The van der Waals surface area contributed by atoms with Crippen molar-refractivity contribution < 1.29 is 24.0 Å². The highest BCUT2D eigenvalue weighted by molar-refractivity contribution is 7.17. The van der Waals surface area contributed by atoms with Gasteiger partial charge in [-0.3, -0.25) is 9.59 Å². The molecule has 0 spiro atoms. The summed E-state index contributed by atoms with van der Waals surface area (Å²) in [6.07, 6.45) is -0.00347. The highest BCUT2D eigenvalue weighted by Crippen LogP contribution is 2.22. The Morgan fingerprint density at radius 1 is 1.23 bits per heavy atom. The molecule has 156 valence electrons. The molecule has 0 aliphatic rings.